The Hall–Kier alpha value is -3.08. The summed E-state index contributed by atoms with van der Waals surface area (Å²) in [5.74, 6) is 0.0761. The Morgan fingerprint density at radius 1 is 1.17 bits per heavy atom. The molecular formula is C32H43FN4O5. The van der Waals surface area contributed by atoms with Crippen LogP contribution in [0.25, 0.3) is 5.65 Å². The second-order valence-corrected chi connectivity index (χ2v) is 12.5. The van der Waals surface area contributed by atoms with Gasteiger partial charge in [0.1, 0.15) is 11.6 Å². The molecule has 42 heavy (non-hydrogen) atoms. The molecule has 9 nitrogen and oxygen atoms in total. The maximum Gasteiger partial charge on any atom is 0.340 e. The summed E-state index contributed by atoms with van der Waals surface area (Å²) < 4.78 is 40.3. The number of benzene rings is 1. The summed E-state index contributed by atoms with van der Waals surface area (Å²) >= 11 is 0. The molecule has 0 amide bonds. The molecule has 0 aliphatic carbocycles. The molecule has 0 N–H and O–H groups in total. The summed E-state index contributed by atoms with van der Waals surface area (Å²) in [7, 11) is 0. The van der Waals surface area contributed by atoms with Gasteiger partial charge in [-0.1, -0.05) is 6.07 Å². The number of ether oxygens (including phenoxy) is 4. The number of hydrogen-bond acceptors (Lipinski definition) is 8. The van der Waals surface area contributed by atoms with Crippen molar-refractivity contribution < 1.29 is 28.1 Å². The quantitative estimate of drug-likeness (QED) is 0.366. The topological polar surface area (TPSA) is 87.4 Å². The average Bonchev–Trinajstić information content (AvgIpc) is 3.32. The van der Waals surface area contributed by atoms with Gasteiger partial charge in [0, 0.05) is 31.5 Å². The Balaban J connectivity index is 1.60. The van der Waals surface area contributed by atoms with Gasteiger partial charge >= 0.3 is 5.97 Å². The number of anilines is 1. The molecule has 2 aromatic heterocycles. The van der Waals surface area contributed by atoms with Crippen molar-refractivity contribution in [1.82, 2.24) is 14.6 Å². The highest BCUT2D eigenvalue weighted by Gasteiger charge is 2.38. The molecule has 0 radical (unpaired) electrons. The molecule has 3 aliphatic rings. The van der Waals surface area contributed by atoms with Crippen molar-refractivity contribution in [2.24, 2.45) is 0 Å². The molecule has 1 atom stereocenters. The monoisotopic (exact) mass is 582 g/mol. The number of nitrogens with zero attached hydrogens (tertiary/aromatic N) is 4. The lowest BCUT2D eigenvalue weighted by Crippen LogP contribution is -2.46. The van der Waals surface area contributed by atoms with Crippen LogP contribution in [0, 0.1) is 12.7 Å². The predicted molar refractivity (Wildman–Crippen MR) is 157 cm³/mol. The first-order valence-corrected chi connectivity index (χ1v) is 14.9. The van der Waals surface area contributed by atoms with Crippen LogP contribution in [0.3, 0.4) is 0 Å². The van der Waals surface area contributed by atoms with Crippen molar-refractivity contribution in [2.45, 2.75) is 97.7 Å². The fraction of sp³-hybridized carbons (Fsp3) is 0.594. The zero-order chi connectivity index (χ0) is 30.1. The Kier molecular flexibility index (Phi) is 8.87. The van der Waals surface area contributed by atoms with Crippen LogP contribution in [-0.2, 0) is 43.4 Å². The molecule has 0 saturated carbocycles. The van der Waals surface area contributed by atoms with Crippen molar-refractivity contribution >= 4 is 17.4 Å². The van der Waals surface area contributed by atoms with Gasteiger partial charge in [-0.2, -0.15) is 9.61 Å². The van der Waals surface area contributed by atoms with Gasteiger partial charge in [0.05, 0.1) is 42.3 Å². The number of carbonyl (C=O) groups excluding carboxylic acids is 1. The van der Waals surface area contributed by atoms with Gasteiger partial charge < -0.3 is 23.8 Å². The highest BCUT2D eigenvalue weighted by atomic mass is 19.1. The van der Waals surface area contributed by atoms with E-state index in [1.165, 1.54) is 6.07 Å². The number of aryl methyl sites for hydroxylation is 2. The van der Waals surface area contributed by atoms with E-state index in [0.29, 0.717) is 55.3 Å². The first-order chi connectivity index (χ1) is 20.0. The highest BCUT2D eigenvalue weighted by Crippen LogP contribution is 2.38. The number of carbonyl (C=O) groups is 1. The number of halogens is 1. The van der Waals surface area contributed by atoms with Crippen LogP contribution in [0.1, 0.15) is 88.1 Å². The maximum absolute atomic E-state index is 14.1. The number of piperidine rings is 1. The van der Waals surface area contributed by atoms with E-state index in [0.717, 1.165) is 36.2 Å². The van der Waals surface area contributed by atoms with Gasteiger partial charge in [-0.25, -0.2) is 14.2 Å². The number of rotatable bonds is 4. The van der Waals surface area contributed by atoms with Crippen molar-refractivity contribution in [3.63, 3.8) is 0 Å². The van der Waals surface area contributed by atoms with E-state index in [1.54, 1.807) is 19.1 Å². The fourth-order valence-corrected chi connectivity index (χ4v) is 5.79. The summed E-state index contributed by atoms with van der Waals surface area (Å²) in [6.45, 7) is 14.4. The summed E-state index contributed by atoms with van der Waals surface area (Å²) in [5, 5.41) is 4.92. The Labute approximate surface area is 247 Å². The molecule has 4 bridgehead atoms. The van der Waals surface area contributed by atoms with Crippen LogP contribution < -0.4 is 4.90 Å². The van der Waals surface area contributed by atoms with E-state index in [2.05, 4.69) is 11.8 Å². The molecule has 10 heteroatoms. The summed E-state index contributed by atoms with van der Waals surface area (Å²) in [6, 6.07) is 6.77. The number of esters is 1. The van der Waals surface area contributed by atoms with Crippen molar-refractivity contribution in [3.05, 3.63) is 58.2 Å². The minimum absolute atomic E-state index is 0.241. The van der Waals surface area contributed by atoms with Crippen molar-refractivity contribution in [2.75, 3.05) is 31.2 Å². The van der Waals surface area contributed by atoms with Gasteiger partial charge in [0.15, 0.2) is 11.8 Å². The van der Waals surface area contributed by atoms with Gasteiger partial charge in [0.2, 0.25) is 0 Å². The van der Waals surface area contributed by atoms with Crippen LogP contribution >= 0.6 is 0 Å². The van der Waals surface area contributed by atoms with Crippen LogP contribution in [-0.4, -0.2) is 58.1 Å². The van der Waals surface area contributed by atoms with Gasteiger partial charge in [-0.05, 0) is 90.5 Å². The van der Waals surface area contributed by atoms with Crippen molar-refractivity contribution in [3.8, 4) is 0 Å². The molecule has 1 fully saturated rings. The first-order valence-electron chi connectivity index (χ1n) is 14.9. The zero-order valence-corrected chi connectivity index (χ0v) is 25.7. The second-order valence-electron chi connectivity index (χ2n) is 12.5. The minimum atomic E-state index is -0.976. The smallest absolute Gasteiger partial charge is 0.340 e. The molecule has 0 spiro atoms. The fourth-order valence-electron chi connectivity index (χ4n) is 5.79. The van der Waals surface area contributed by atoms with Gasteiger partial charge in [-0.3, -0.25) is 0 Å². The summed E-state index contributed by atoms with van der Waals surface area (Å²) in [5.41, 5.74) is 3.70. The normalized spacial score (nSPS) is 18.6. The van der Waals surface area contributed by atoms with Crippen LogP contribution in [0.2, 0.25) is 0 Å². The second kappa shape index (κ2) is 12.3. The molecule has 5 heterocycles. The molecule has 0 unspecified atom stereocenters. The van der Waals surface area contributed by atoms with E-state index in [4.69, 9.17) is 29.0 Å². The standard InChI is InChI=1S/C32H43FN4O5/c1-7-40-30(38)28(42-31(3,4)5)27-21(2)34-26-18-25-20-39-19-23-10-11-24(33)17-22(23)9-8-16-41-32(6)12-14-36(15-13-32)29(27)37(26)35-25/h10-11,17-18,28H,7-9,12-16,19-20H2,1-6H3/t28-/m0/s1. The molecule has 6 rings (SSSR count). The lowest BCUT2D eigenvalue weighted by atomic mass is 9.92. The van der Waals surface area contributed by atoms with Crippen LogP contribution in [0.4, 0.5) is 10.2 Å². The number of aromatic nitrogens is 3. The Morgan fingerprint density at radius 3 is 2.64 bits per heavy atom. The van der Waals surface area contributed by atoms with Crippen LogP contribution in [0.15, 0.2) is 24.3 Å². The average molecular weight is 583 g/mol. The summed E-state index contributed by atoms with van der Waals surface area (Å²) in [4.78, 5) is 20.5. The molecule has 1 saturated heterocycles. The largest absolute Gasteiger partial charge is 0.464 e. The van der Waals surface area contributed by atoms with Gasteiger partial charge in [-0.15, -0.1) is 0 Å². The number of hydrogen-bond donors (Lipinski definition) is 0. The molecule has 3 aromatic rings. The van der Waals surface area contributed by atoms with E-state index in [-0.39, 0.29) is 24.6 Å². The maximum atomic E-state index is 14.1. The third kappa shape index (κ3) is 6.76. The third-order valence-electron chi connectivity index (χ3n) is 7.93. The summed E-state index contributed by atoms with van der Waals surface area (Å²) in [6.07, 6.45) is 2.11. The van der Waals surface area contributed by atoms with Crippen molar-refractivity contribution in [1.29, 1.82) is 0 Å². The van der Waals surface area contributed by atoms with Crippen LogP contribution in [0.5, 0.6) is 0 Å². The molecular weight excluding hydrogens is 539 g/mol. The zero-order valence-electron chi connectivity index (χ0n) is 25.7. The number of fused-ring (bicyclic) bond motifs is 7. The minimum Gasteiger partial charge on any atom is -0.464 e. The van der Waals surface area contributed by atoms with E-state index < -0.39 is 17.7 Å². The van der Waals surface area contributed by atoms with Gasteiger partial charge in [0.25, 0.3) is 0 Å². The predicted octanol–water partition coefficient (Wildman–Crippen LogP) is 5.63. The van der Waals surface area contributed by atoms with E-state index in [9.17, 15) is 9.18 Å². The Bertz CT molecular complexity index is 1420. The third-order valence-corrected chi connectivity index (χ3v) is 7.93. The SMILES string of the molecule is CCOC(=O)[C@@H](OC(C)(C)C)c1c(C)nc2cc3nn2c1N1CCC(C)(CC1)OCCCc1cc(F)ccc1COC3. The van der Waals surface area contributed by atoms with E-state index >= 15 is 0 Å². The molecule has 3 aliphatic heterocycles. The molecule has 228 valence electrons. The molecule has 1 aromatic carbocycles. The highest BCUT2D eigenvalue weighted by molar-refractivity contribution is 5.80. The lowest BCUT2D eigenvalue weighted by Gasteiger charge is -2.41. The van der Waals surface area contributed by atoms with E-state index in [1.807, 2.05) is 38.3 Å². The lowest BCUT2D eigenvalue weighted by molar-refractivity contribution is -0.166. The first kappa shape index (κ1) is 30.4. The Morgan fingerprint density at radius 2 is 1.93 bits per heavy atom.